The van der Waals surface area contributed by atoms with Gasteiger partial charge in [-0.15, -0.1) is 12.4 Å². The zero-order chi connectivity index (χ0) is 13.8. The fourth-order valence-electron chi connectivity index (χ4n) is 2.29. The lowest BCUT2D eigenvalue weighted by Crippen LogP contribution is -2.48. The normalized spacial score (nSPS) is 20.2. The van der Waals surface area contributed by atoms with Crippen molar-refractivity contribution in [2.24, 2.45) is 5.92 Å². The van der Waals surface area contributed by atoms with Crippen LogP contribution in [0.2, 0.25) is 0 Å². The molecule has 1 atom stereocenters. The molecule has 1 N–H and O–H groups in total. The maximum Gasteiger partial charge on any atom is 0.237 e. The fourth-order valence-corrected chi connectivity index (χ4v) is 3.98. The smallest absolute Gasteiger partial charge is 0.237 e. The highest BCUT2D eigenvalue weighted by Gasteiger charge is 2.26. The first kappa shape index (κ1) is 18.7. The minimum absolute atomic E-state index is 0. The second-order valence-corrected chi connectivity index (χ2v) is 7.53. The molecule has 5 nitrogen and oxygen atoms in total. The van der Waals surface area contributed by atoms with Crippen molar-refractivity contribution in [3.8, 4) is 0 Å². The Morgan fingerprint density at radius 2 is 2.05 bits per heavy atom. The van der Waals surface area contributed by atoms with E-state index in [1.54, 1.807) is 4.90 Å². The standard InChI is InChI=1S/C12H24N2O3S.ClH/c1-10(2)8-18(16,17)9-12(15)14-6-4-5-11(7-14)13-3;/h10-11,13H,4-9H2,1-3H3;1H. The van der Waals surface area contributed by atoms with Gasteiger partial charge in [0.15, 0.2) is 9.84 Å². The van der Waals surface area contributed by atoms with Crippen LogP contribution in [0, 0.1) is 5.92 Å². The van der Waals surface area contributed by atoms with Gasteiger partial charge >= 0.3 is 0 Å². The molecule has 1 amide bonds. The van der Waals surface area contributed by atoms with Crippen molar-refractivity contribution in [2.45, 2.75) is 32.7 Å². The molecule has 0 aliphatic carbocycles. The third-order valence-electron chi connectivity index (χ3n) is 3.11. The molecule has 1 unspecified atom stereocenters. The van der Waals surface area contributed by atoms with Gasteiger partial charge in [-0.25, -0.2) is 8.42 Å². The summed E-state index contributed by atoms with van der Waals surface area (Å²) in [5, 5.41) is 3.14. The van der Waals surface area contributed by atoms with E-state index in [1.165, 1.54) is 0 Å². The Bertz CT molecular complexity index is 384. The summed E-state index contributed by atoms with van der Waals surface area (Å²) in [4.78, 5) is 13.6. The summed E-state index contributed by atoms with van der Waals surface area (Å²) in [5.74, 6) is -0.450. The second kappa shape index (κ2) is 8.07. The topological polar surface area (TPSA) is 66.5 Å². The molecule has 19 heavy (non-hydrogen) atoms. The zero-order valence-electron chi connectivity index (χ0n) is 11.9. The lowest BCUT2D eigenvalue weighted by Gasteiger charge is -2.32. The van der Waals surface area contributed by atoms with Crippen LogP contribution in [-0.4, -0.2) is 56.9 Å². The van der Waals surface area contributed by atoms with E-state index in [0.717, 1.165) is 12.8 Å². The molecule has 1 aliphatic rings. The van der Waals surface area contributed by atoms with Crippen molar-refractivity contribution in [1.29, 1.82) is 0 Å². The summed E-state index contributed by atoms with van der Waals surface area (Å²) < 4.78 is 23.6. The maximum atomic E-state index is 12.0. The first-order chi connectivity index (χ1) is 8.34. The molecule has 0 bridgehead atoms. The van der Waals surface area contributed by atoms with E-state index >= 15 is 0 Å². The Balaban J connectivity index is 0.00000324. The molecular weight excluding hydrogens is 288 g/mol. The van der Waals surface area contributed by atoms with E-state index in [0.29, 0.717) is 13.1 Å². The van der Waals surface area contributed by atoms with Crippen molar-refractivity contribution in [2.75, 3.05) is 31.6 Å². The summed E-state index contributed by atoms with van der Waals surface area (Å²) in [6.07, 6.45) is 1.97. The number of carbonyl (C=O) groups is 1. The molecule has 0 radical (unpaired) electrons. The molecule has 0 aromatic carbocycles. The Labute approximate surface area is 122 Å². The Morgan fingerprint density at radius 3 is 2.58 bits per heavy atom. The predicted octanol–water partition coefficient (Wildman–Crippen LogP) is 0.689. The van der Waals surface area contributed by atoms with Gasteiger partial charge in [-0.1, -0.05) is 13.8 Å². The number of halogens is 1. The molecule has 1 aliphatic heterocycles. The average molecular weight is 313 g/mol. The lowest BCUT2D eigenvalue weighted by atomic mass is 10.1. The van der Waals surface area contributed by atoms with Gasteiger partial charge in [0, 0.05) is 19.1 Å². The van der Waals surface area contributed by atoms with Crippen LogP contribution in [0.25, 0.3) is 0 Å². The first-order valence-electron chi connectivity index (χ1n) is 6.49. The van der Waals surface area contributed by atoms with Gasteiger partial charge in [-0.05, 0) is 25.8 Å². The van der Waals surface area contributed by atoms with Gasteiger partial charge in [0.2, 0.25) is 5.91 Å². The predicted molar refractivity (Wildman–Crippen MR) is 79.4 cm³/mol. The Hall–Kier alpha value is -0.330. The second-order valence-electron chi connectivity index (χ2n) is 5.42. The number of hydrogen-bond acceptors (Lipinski definition) is 4. The van der Waals surface area contributed by atoms with Crippen LogP contribution in [0.1, 0.15) is 26.7 Å². The molecule has 114 valence electrons. The highest BCUT2D eigenvalue weighted by molar-refractivity contribution is 7.92. The first-order valence-corrected chi connectivity index (χ1v) is 8.31. The number of piperidine rings is 1. The minimum atomic E-state index is -3.27. The molecule has 1 saturated heterocycles. The van der Waals surface area contributed by atoms with E-state index in [2.05, 4.69) is 5.32 Å². The van der Waals surface area contributed by atoms with Crippen LogP contribution in [0.5, 0.6) is 0 Å². The largest absolute Gasteiger partial charge is 0.340 e. The Kier molecular flexibility index (Phi) is 7.93. The highest BCUT2D eigenvalue weighted by atomic mass is 35.5. The molecule has 1 fully saturated rings. The van der Waals surface area contributed by atoms with Gasteiger partial charge in [0.1, 0.15) is 5.75 Å². The molecule has 1 rings (SSSR count). The molecule has 0 spiro atoms. The number of nitrogens with one attached hydrogen (secondary N) is 1. The van der Waals surface area contributed by atoms with Crippen LogP contribution < -0.4 is 5.32 Å². The van der Waals surface area contributed by atoms with Crippen LogP contribution in [-0.2, 0) is 14.6 Å². The van der Waals surface area contributed by atoms with Crippen molar-refractivity contribution < 1.29 is 13.2 Å². The third-order valence-corrected chi connectivity index (χ3v) is 4.97. The molecule has 0 saturated carbocycles. The number of hydrogen-bond donors (Lipinski definition) is 1. The van der Waals surface area contributed by atoms with Crippen LogP contribution in [0.15, 0.2) is 0 Å². The molecule has 7 heteroatoms. The molecular formula is C12H25ClN2O3S. The van der Waals surface area contributed by atoms with Crippen molar-refractivity contribution in [3.05, 3.63) is 0 Å². The van der Waals surface area contributed by atoms with Crippen LogP contribution >= 0.6 is 12.4 Å². The van der Waals surface area contributed by atoms with Crippen molar-refractivity contribution in [1.82, 2.24) is 10.2 Å². The summed E-state index contributed by atoms with van der Waals surface area (Å²) in [5.41, 5.74) is 0. The number of sulfone groups is 1. The fraction of sp³-hybridized carbons (Fsp3) is 0.917. The number of likely N-dealkylation sites (tertiary alicyclic amines) is 1. The van der Waals surface area contributed by atoms with Gasteiger partial charge in [0.25, 0.3) is 0 Å². The number of amides is 1. The van der Waals surface area contributed by atoms with E-state index in [4.69, 9.17) is 0 Å². The van der Waals surface area contributed by atoms with Crippen molar-refractivity contribution in [3.63, 3.8) is 0 Å². The monoisotopic (exact) mass is 312 g/mol. The van der Waals surface area contributed by atoms with E-state index in [-0.39, 0.29) is 41.8 Å². The van der Waals surface area contributed by atoms with Crippen molar-refractivity contribution >= 4 is 28.2 Å². The zero-order valence-corrected chi connectivity index (χ0v) is 13.5. The molecule has 1 heterocycles. The van der Waals surface area contributed by atoms with Crippen LogP contribution in [0.3, 0.4) is 0 Å². The SMILES string of the molecule is CNC1CCCN(C(=O)CS(=O)(=O)CC(C)C)C1.Cl. The van der Waals surface area contributed by atoms with E-state index in [1.807, 2.05) is 20.9 Å². The summed E-state index contributed by atoms with van der Waals surface area (Å²) in [6.45, 7) is 4.99. The quantitative estimate of drug-likeness (QED) is 0.811. The van der Waals surface area contributed by atoms with E-state index < -0.39 is 9.84 Å². The number of nitrogens with zero attached hydrogens (tertiary/aromatic N) is 1. The summed E-state index contributed by atoms with van der Waals surface area (Å²) in [7, 11) is -1.40. The summed E-state index contributed by atoms with van der Waals surface area (Å²) >= 11 is 0. The van der Waals surface area contributed by atoms with E-state index in [9.17, 15) is 13.2 Å². The highest BCUT2D eigenvalue weighted by Crippen LogP contribution is 2.11. The minimum Gasteiger partial charge on any atom is -0.340 e. The molecule has 0 aromatic rings. The van der Waals surface area contributed by atoms with Crippen LogP contribution in [0.4, 0.5) is 0 Å². The van der Waals surface area contributed by atoms with Gasteiger partial charge < -0.3 is 10.2 Å². The summed E-state index contributed by atoms with van der Waals surface area (Å²) in [6, 6.07) is 0.288. The van der Waals surface area contributed by atoms with Gasteiger partial charge in [0.05, 0.1) is 5.75 Å². The molecule has 0 aromatic heterocycles. The number of rotatable bonds is 5. The lowest BCUT2D eigenvalue weighted by molar-refractivity contribution is -0.129. The average Bonchev–Trinajstić information content (AvgIpc) is 2.26. The number of carbonyl (C=O) groups excluding carboxylic acids is 1. The van der Waals surface area contributed by atoms with Gasteiger partial charge in [-0.3, -0.25) is 4.79 Å². The third kappa shape index (κ3) is 6.58. The maximum absolute atomic E-state index is 12.0. The van der Waals surface area contributed by atoms with Gasteiger partial charge in [-0.2, -0.15) is 0 Å². The Morgan fingerprint density at radius 1 is 1.42 bits per heavy atom. The number of likely N-dealkylation sites (N-methyl/N-ethyl adjacent to an activating group) is 1.